The van der Waals surface area contributed by atoms with Crippen LogP contribution in [0.15, 0.2) is 36.4 Å². The highest BCUT2D eigenvalue weighted by Crippen LogP contribution is 2.37. The van der Waals surface area contributed by atoms with Crippen molar-refractivity contribution >= 4 is 11.6 Å². The van der Waals surface area contributed by atoms with Gasteiger partial charge in [0.05, 0.1) is 11.6 Å². The predicted octanol–water partition coefficient (Wildman–Crippen LogP) is 4.18. The Bertz CT molecular complexity index is 634. The second-order valence-corrected chi connectivity index (χ2v) is 5.16. The topological polar surface area (TPSA) is 30.5 Å². The molecule has 0 aromatic heterocycles. The molecule has 5 heteroatoms. The first-order chi connectivity index (χ1) is 10.7. The van der Waals surface area contributed by atoms with Crippen LogP contribution in [0.25, 0.3) is 0 Å². The summed E-state index contributed by atoms with van der Waals surface area (Å²) < 4.78 is 24.9. The summed E-state index contributed by atoms with van der Waals surface area (Å²) in [6.45, 7) is 3.15. The molecular weight excluding hydrogens is 305 g/mol. The van der Waals surface area contributed by atoms with E-state index in [1.165, 1.54) is 6.07 Å². The Morgan fingerprint density at radius 1 is 1.18 bits per heavy atom. The van der Waals surface area contributed by atoms with E-state index in [0.717, 1.165) is 5.56 Å². The van der Waals surface area contributed by atoms with E-state index in [2.05, 4.69) is 5.32 Å². The molecule has 0 aliphatic rings. The number of rotatable bonds is 7. The van der Waals surface area contributed by atoms with Crippen molar-refractivity contribution in [2.75, 3.05) is 13.7 Å². The van der Waals surface area contributed by atoms with Crippen molar-refractivity contribution in [3.05, 3.63) is 58.4 Å². The van der Waals surface area contributed by atoms with Gasteiger partial charge in [-0.05, 0) is 37.7 Å². The number of benzene rings is 2. The zero-order valence-corrected chi connectivity index (χ0v) is 13.4. The maximum Gasteiger partial charge on any atom is 0.180 e. The zero-order valence-electron chi connectivity index (χ0n) is 12.7. The molecule has 0 saturated carbocycles. The van der Waals surface area contributed by atoms with E-state index in [-0.39, 0.29) is 12.4 Å². The molecule has 0 amide bonds. The van der Waals surface area contributed by atoms with Crippen molar-refractivity contribution in [3.8, 4) is 11.5 Å². The summed E-state index contributed by atoms with van der Waals surface area (Å²) in [5.74, 6) is 0.701. The van der Waals surface area contributed by atoms with Gasteiger partial charge in [-0.15, -0.1) is 0 Å². The van der Waals surface area contributed by atoms with Crippen LogP contribution in [-0.4, -0.2) is 13.7 Å². The minimum Gasteiger partial charge on any atom is -0.490 e. The molecule has 0 fully saturated rings. The first-order valence-corrected chi connectivity index (χ1v) is 7.49. The Balaban J connectivity index is 2.23. The molecule has 0 bridgehead atoms. The van der Waals surface area contributed by atoms with Crippen LogP contribution in [-0.2, 0) is 13.2 Å². The fraction of sp³-hybridized carbons (Fsp3) is 0.294. The Morgan fingerprint density at radius 3 is 2.64 bits per heavy atom. The summed E-state index contributed by atoms with van der Waals surface area (Å²) in [5, 5.41) is 3.51. The lowest BCUT2D eigenvalue weighted by Crippen LogP contribution is -2.07. The molecule has 0 atom stereocenters. The second kappa shape index (κ2) is 8.01. The highest BCUT2D eigenvalue weighted by Gasteiger charge is 2.13. The second-order valence-electron chi connectivity index (χ2n) is 4.75. The Morgan fingerprint density at radius 2 is 1.95 bits per heavy atom. The first kappa shape index (κ1) is 16.6. The Labute approximate surface area is 135 Å². The highest BCUT2D eigenvalue weighted by molar-refractivity contribution is 6.32. The SMILES string of the molecule is CCOc1cc(CNC)cc(Cl)c1OCc1ccccc1F. The summed E-state index contributed by atoms with van der Waals surface area (Å²) in [7, 11) is 1.86. The van der Waals surface area contributed by atoms with Gasteiger partial charge in [0.25, 0.3) is 0 Å². The van der Waals surface area contributed by atoms with Crippen LogP contribution in [0.1, 0.15) is 18.1 Å². The predicted molar refractivity (Wildman–Crippen MR) is 86.1 cm³/mol. The average molecular weight is 324 g/mol. The lowest BCUT2D eigenvalue weighted by molar-refractivity contribution is 0.266. The molecular formula is C17H19ClFNO2. The fourth-order valence-corrected chi connectivity index (χ4v) is 2.38. The maximum absolute atomic E-state index is 13.7. The molecule has 0 spiro atoms. The summed E-state index contributed by atoms with van der Waals surface area (Å²) in [6, 6.07) is 10.2. The van der Waals surface area contributed by atoms with E-state index in [1.807, 2.05) is 26.1 Å². The fourth-order valence-electron chi connectivity index (χ4n) is 2.10. The molecule has 0 unspecified atom stereocenters. The van der Waals surface area contributed by atoms with Gasteiger partial charge in [-0.3, -0.25) is 0 Å². The molecule has 0 heterocycles. The van der Waals surface area contributed by atoms with Crippen molar-refractivity contribution in [2.24, 2.45) is 0 Å². The van der Waals surface area contributed by atoms with Gasteiger partial charge in [0.1, 0.15) is 12.4 Å². The van der Waals surface area contributed by atoms with Gasteiger partial charge >= 0.3 is 0 Å². The van der Waals surface area contributed by atoms with Crippen molar-refractivity contribution in [2.45, 2.75) is 20.1 Å². The number of ether oxygens (including phenoxy) is 2. The van der Waals surface area contributed by atoms with E-state index >= 15 is 0 Å². The summed E-state index contributed by atoms with van der Waals surface area (Å²) in [4.78, 5) is 0. The number of hydrogen-bond acceptors (Lipinski definition) is 3. The van der Waals surface area contributed by atoms with Gasteiger partial charge < -0.3 is 14.8 Å². The van der Waals surface area contributed by atoms with Crippen LogP contribution < -0.4 is 14.8 Å². The normalized spacial score (nSPS) is 10.5. The molecule has 118 valence electrons. The van der Waals surface area contributed by atoms with Crippen LogP contribution in [0.4, 0.5) is 4.39 Å². The molecule has 0 aliphatic carbocycles. The summed E-state index contributed by atoms with van der Waals surface area (Å²) in [5.41, 5.74) is 1.47. The smallest absolute Gasteiger partial charge is 0.180 e. The van der Waals surface area contributed by atoms with Crippen molar-refractivity contribution < 1.29 is 13.9 Å². The zero-order chi connectivity index (χ0) is 15.9. The van der Waals surface area contributed by atoms with E-state index in [1.54, 1.807) is 18.2 Å². The molecule has 22 heavy (non-hydrogen) atoms. The average Bonchev–Trinajstić information content (AvgIpc) is 2.49. The van der Waals surface area contributed by atoms with Gasteiger partial charge in [0.2, 0.25) is 0 Å². The molecule has 0 aliphatic heterocycles. The summed E-state index contributed by atoms with van der Waals surface area (Å²) in [6.07, 6.45) is 0. The molecule has 2 rings (SSSR count). The van der Waals surface area contributed by atoms with Crippen molar-refractivity contribution in [3.63, 3.8) is 0 Å². The van der Waals surface area contributed by atoms with Crippen LogP contribution in [0, 0.1) is 5.82 Å². The lowest BCUT2D eigenvalue weighted by atomic mass is 10.2. The molecule has 1 N–H and O–H groups in total. The molecule has 0 saturated heterocycles. The Kier molecular flexibility index (Phi) is 6.04. The quantitative estimate of drug-likeness (QED) is 0.829. The standard InChI is InChI=1S/C17H19ClFNO2/c1-3-21-16-9-12(10-20-2)8-14(18)17(16)22-11-13-6-4-5-7-15(13)19/h4-9,20H,3,10-11H2,1-2H3. The number of hydrogen-bond donors (Lipinski definition) is 1. The van der Waals surface area contributed by atoms with Gasteiger partial charge in [0, 0.05) is 12.1 Å². The monoisotopic (exact) mass is 323 g/mol. The molecule has 0 radical (unpaired) electrons. The van der Waals surface area contributed by atoms with Gasteiger partial charge in [-0.25, -0.2) is 4.39 Å². The van der Waals surface area contributed by atoms with Gasteiger partial charge in [-0.2, -0.15) is 0 Å². The van der Waals surface area contributed by atoms with E-state index in [9.17, 15) is 4.39 Å². The lowest BCUT2D eigenvalue weighted by Gasteiger charge is -2.15. The Hall–Kier alpha value is -1.78. The maximum atomic E-state index is 13.7. The third-order valence-electron chi connectivity index (χ3n) is 3.08. The van der Waals surface area contributed by atoms with Crippen LogP contribution >= 0.6 is 11.6 Å². The minimum absolute atomic E-state index is 0.0951. The highest BCUT2D eigenvalue weighted by atomic mass is 35.5. The number of halogens is 2. The minimum atomic E-state index is -0.302. The van der Waals surface area contributed by atoms with Crippen LogP contribution in [0.5, 0.6) is 11.5 Å². The summed E-state index contributed by atoms with van der Waals surface area (Å²) >= 11 is 6.29. The van der Waals surface area contributed by atoms with Crippen LogP contribution in [0.3, 0.4) is 0 Å². The molecule has 2 aromatic rings. The van der Waals surface area contributed by atoms with E-state index < -0.39 is 0 Å². The first-order valence-electron chi connectivity index (χ1n) is 7.11. The third kappa shape index (κ3) is 4.12. The molecule has 2 aromatic carbocycles. The number of nitrogens with one attached hydrogen (secondary N) is 1. The van der Waals surface area contributed by atoms with Crippen LogP contribution in [0.2, 0.25) is 5.02 Å². The molecule has 3 nitrogen and oxygen atoms in total. The van der Waals surface area contributed by atoms with Crippen molar-refractivity contribution in [1.82, 2.24) is 5.32 Å². The van der Waals surface area contributed by atoms with E-state index in [4.69, 9.17) is 21.1 Å². The largest absolute Gasteiger partial charge is 0.490 e. The third-order valence-corrected chi connectivity index (χ3v) is 3.36. The van der Waals surface area contributed by atoms with Crippen molar-refractivity contribution in [1.29, 1.82) is 0 Å². The van der Waals surface area contributed by atoms with Gasteiger partial charge in [-0.1, -0.05) is 29.8 Å². The van der Waals surface area contributed by atoms with E-state index in [0.29, 0.717) is 35.2 Å². The van der Waals surface area contributed by atoms with Gasteiger partial charge in [0.15, 0.2) is 11.5 Å².